The van der Waals surface area contributed by atoms with E-state index in [1.807, 2.05) is 12.1 Å². The van der Waals surface area contributed by atoms with Gasteiger partial charge in [0.2, 0.25) is 5.91 Å². The summed E-state index contributed by atoms with van der Waals surface area (Å²) in [7, 11) is 0. The highest BCUT2D eigenvalue weighted by Gasteiger charge is 2.11. The Morgan fingerprint density at radius 2 is 1.79 bits per heavy atom. The van der Waals surface area contributed by atoms with Crippen LogP contribution in [0.15, 0.2) is 72.1 Å². The number of aromatic nitrogens is 1. The van der Waals surface area contributed by atoms with Gasteiger partial charge in [0.25, 0.3) is 0 Å². The molecule has 0 atom stereocenters. The molecule has 1 amide bonds. The Morgan fingerprint density at radius 1 is 1.04 bits per heavy atom. The molecule has 0 unspecified atom stereocenters. The van der Waals surface area contributed by atoms with Crippen molar-refractivity contribution in [3.8, 4) is 10.6 Å². The van der Waals surface area contributed by atoms with Crippen LogP contribution in [0.5, 0.6) is 0 Å². The van der Waals surface area contributed by atoms with Crippen molar-refractivity contribution >= 4 is 33.7 Å². The monoisotopic (exact) mass is 387 g/mol. The van der Waals surface area contributed by atoms with Crippen molar-refractivity contribution in [3.63, 3.8) is 0 Å². The molecule has 0 saturated heterocycles. The van der Waals surface area contributed by atoms with E-state index >= 15 is 0 Å². The lowest BCUT2D eigenvalue weighted by Crippen LogP contribution is -2.22. The Morgan fingerprint density at radius 3 is 2.50 bits per heavy atom. The van der Waals surface area contributed by atoms with E-state index in [1.165, 1.54) is 16.5 Å². The smallest absolute Gasteiger partial charge is 0.248 e. The van der Waals surface area contributed by atoms with Crippen LogP contribution in [0.4, 0.5) is 5.69 Å². The molecule has 0 saturated carbocycles. The van der Waals surface area contributed by atoms with Crippen LogP contribution in [0.3, 0.4) is 0 Å². The number of hydrogen-bond acceptors (Lipinski definition) is 4. The molecule has 140 valence electrons. The molecule has 0 radical (unpaired) electrons. The molecule has 0 aliphatic carbocycles. The number of fused-ring (bicyclic) bond motifs is 1. The van der Waals surface area contributed by atoms with Crippen molar-refractivity contribution in [1.82, 2.24) is 4.98 Å². The summed E-state index contributed by atoms with van der Waals surface area (Å²) in [6.45, 7) is 3.81. The van der Waals surface area contributed by atoms with Crippen LogP contribution in [0, 0.1) is 0 Å². The van der Waals surface area contributed by atoms with Gasteiger partial charge in [0, 0.05) is 28.7 Å². The number of rotatable bonds is 6. The van der Waals surface area contributed by atoms with Crippen molar-refractivity contribution in [1.29, 1.82) is 0 Å². The molecule has 4 nitrogen and oxygen atoms in total. The number of nitrogens with zero attached hydrogens (tertiary/aromatic N) is 2. The largest absolute Gasteiger partial charge is 0.366 e. The number of carbonyl (C=O) groups excluding carboxylic acids is 1. The highest BCUT2D eigenvalue weighted by molar-refractivity contribution is 7.13. The molecule has 1 aromatic heterocycles. The van der Waals surface area contributed by atoms with E-state index in [0.29, 0.717) is 5.56 Å². The Bertz CT molecular complexity index is 1120. The van der Waals surface area contributed by atoms with Gasteiger partial charge in [0.05, 0.1) is 12.2 Å². The Balaban J connectivity index is 1.54. The fourth-order valence-electron chi connectivity index (χ4n) is 3.24. The quantitative estimate of drug-likeness (QED) is 0.501. The van der Waals surface area contributed by atoms with Crippen LogP contribution in [0.25, 0.3) is 21.3 Å². The van der Waals surface area contributed by atoms with Crippen molar-refractivity contribution in [2.24, 2.45) is 5.73 Å². The Labute approximate surface area is 168 Å². The van der Waals surface area contributed by atoms with Crippen LogP contribution in [-0.4, -0.2) is 17.4 Å². The third-order valence-electron chi connectivity index (χ3n) is 4.80. The van der Waals surface area contributed by atoms with Gasteiger partial charge in [-0.1, -0.05) is 42.5 Å². The minimum absolute atomic E-state index is 0.416. The fraction of sp³-hybridized carbons (Fsp3) is 0.130. The first-order chi connectivity index (χ1) is 13.6. The maximum Gasteiger partial charge on any atom is 0.248 e. The minimum atomic E-state index is -0.416. The van der Waals surface area contributed by atoms with Crippen LogP contribution < -0.4 is 10.6 Å². The maximum absolute atomic E-state index is 11.2. The van der Waals surface area contributed by atoms with Gasteiger partial charge < -0.3 is 10.6 Å². The summed E-state index contributed by atoms with van der Waals surface area (Å²) in [6, 6.07) is 22.2. The lowest BCUT2D eigenvalue weighted by Gasteiger charge is -2.22. The van der Waals surface area contributed by atoms with Crippen molar-refractivity contribution in [3.05, 3.63) is 83.4 Å². The zero-order chi connectivity index (χ0) is 19.5. The highest BCUT2D eigenvalue weighted by Crippen LogP contribution is 2.27. The molecule has 0 spiro atoms. The van der Waals surface area contributed by atoms with E-state index in [2.05, 4.69) is 59.7 Å². The summed E-state index contributed by atoms with van der Waals surface area (Å²) >= 11 is 1.61. The van der Waals surface area contributed by atoms with Gasteiger partial charge in [-0.25, -0.2) is 4.98 Å². The van der Waals surface area contributed by atoms with E-state index in [4.69, 9.17) is 10.7 Å². The van der Waals surface area contributed by atoms with Crippen molar-refractivity contribution in [2.75, 3.05) is 11.4 Å². The van der Waals surface area contributed by atoms with Gasteiger partial charge in [0.15, 0.2) is 0 Å². The van der Waals surface area contributed by atoms with Crippen LogP contribution in [0.2, 0.25) is 0 Å². The minimum Gasteiger partial charge on any atom is -0.366 e. The molecule has 0 bridgehead atoms. The van der Waals surface area contributed by atoms with Crippen LogP contribution >= 0.6 is 11.3 Å². The van der Waals surface area contributed by atoms with Gasteiger partial charge >= 0.3 is 0 Å². The second kappa shape index (κ2) is 7.82. The van der Waals surface area contributed by atoms with Gasteiger partial charge in [-0.15, -0.1) is 11.3 Å². The zero-order valence-electron chi connectivity index (χ0n) is 15.6. The first-order valence-corrected chi connectivity index (χ1v) is 10.1. The first kappa shape index (κ1) is 18.2. The molecule has 4 rings (SSSR count). The molecule has 5 heteroatoms. The van der Waals surface area contributed by atoms with E-state index < -0.39 is 5.91 Å². The van der Waals surface area contributed by atoms with E-state index in [0.717, 1.165) is 29.4 Å². The third-order valence-corrected chi connectivity index (χ3v) is 5.74. The van der Waals surface area contributed by atoms with Gasteiger partial charge in [0.1, 0.15) is 5.01 Å². The molecule has 3 aromatic carbocycles. The molecular formula is C23H21N3OS. The summed E-state index contributed by atoms with van der Waals surface area (Å²) < 4.78 is 0. The van der Waals surface area contributed by atoms with Crippen LogP contribution in [-0.2, 0) is 6.54 Å². The topological polar surface area (TPSA) is 59.2 Å². The average molecular weight is 388 g/mol. The number of thiazole rings is 1. The molecule has 2 N–H and O–H groups in total. The number of anilines is 1. The summed E-state index contributed by atoms with van der Waals surface area (Å²) in [5, 5.41) is 5.53. The highest BCUT2D eigenvalue weighted by atomic mass is 32.1. The number of primary amides is 1. The molecule has 0 fully saturated rings. The van der Waals surface area contributed by atoms with Gasteiger partial charge in [-0.2, -0.15) is 0 Å². The van der Waals surface area contributed by atoms with E-state index in [9.17, 15) is 4.79 Å². The van der Waals surface area contributed by atoms with Crippen molar-refractivity contribution < 1.29 is 4.79 Å². The average Bonchev–Trinajstić information content (AvgIpc) is 3.20. The molecule has 28 heavy (non-hydrogen) atoms. The van der Waals surface area contributed by atoms with E-state index in [-0.39, 0.29) is 0 Å². The van der Waals surface area contributed by atoms with Crippen LogP contribution in [0.1, 0.15) is 23.0 Å². The van der Waals surface area contributed by atoms with E-state index in [1.54, 1.807) is 23.5 Å². The summed E-state index contributed by atoms with van der Waals surface area (Å²) in [5.74, 6) is -0.416. The molecular weight excluding hydrogens is 366 g/mol. The SMILES string of the molecule is CCN(Cc1csc(-c2ccc(C(N)=O)cc2)n1)c1ccc2ccccc2c1. The number of carbonyl (C=O) groups is 1. The number of hydrogen-bond donors (Lipinski definition) is 1. The second-order valence-corrected chi connectivity index (χ2v) is 7.49. The fourth-order valence-corrected chi connectivity index (χ4v) is 4.06. The number of benzene rings is 3. The summed E-state index contributed by atoms with van der Waals surface area (Å²) in [5.41, 5.74) is 9.04. The third kappa shape index (κ3) is 3.75. The van der Waals surface area contributed by atoms with Gasteiger partial charge in [-0.05, 0) is 42.0 Å². The standard InChI is InChI=1S/C23H21N3OS/c1-2-26(21-12-11-16-5-3-4-6-19(16)13-21)14-20-15-28-23(25-20)18-9-7-17(8-10-18)22(24)27/h3-13,15H,2,14H2,1H3,(H2,24,27). The second-order valence-electron chi connectivity index (χ2n) is 6.63. The zero-order valence-corrected chi connectivity index (χ0v) is 16.4. The molecule has 1 heterocycles. The predicted molar refractivity (Wildman–Crippen MR) is 117 cm³/mol. The predicted octanol–water partition coefficient (Wildman–Crippen LogP) is 5.09. The van der Waals surface area contributed by atoms with Crippen molar-refractivity contribution in [2.45, 2.75) is 13.5 Å². The maximum atomic E-state index is 11.2. The molecule has 0 aliphatic heterocycles. The first-order valence-electron chi connectivity index (χ1n) is 9.22. The Hall–Kier alpha value is -3.18. The molecule has 4 aromatic rings. The number of amides is 1. The number of nitrogens with two attached hydrogens (primary N) is 1. The summed E-state index contributed by atoms with van der Waals surface area (Å²) in [4.78, 5) is 18.3. The molecule has 0 aliphatic rings. The lowest BCUT2D eigenvalue weighted by atomic mass is 10.1. The summed E-state index contributed by atoms with van der Waals surface area (Å²) in [6.07, 6.45) is 0. The normalized spacial score (nSPS) is 10.9. The Kier molecular flexibility index (Phi) is 5.08. The lowest BCUT2D eigenvalue weighted by molar-refractivity contribution is 0.100. The van der Waals surface area contributed by atoms with Gasteiger partial charge in [-0.3, -0.25) is 4.79 Å².